The van der Waals surface area contributed by atoms with Crippen molar-refractivity contribution in [3.63, 3.8) is 0 Å². The van der Waals surface area contributed by atoms with E-state index in [9.17, 15) is 22.8 Å². The maximum atomic E-state index is 12.7. The van der Waals surface area contributed by atoms with Gasteiger partial charge in [0.1, 0.15) is 0 Å². The highest BCUT2D eigenvalue weighted by Gasteiger charge is 2.31. The second kappa shape index (κ2) is 7.79. The minimum Gasteiger partial charge on any atom is -0.454 e. The third-order valence-electron chi connectivity index (χ3n) is 4.03. The summed E-state index contributed by atoms with van der Waals surface area (Å²) in [6.45, 7) is 1.24. The number of nitrogens with one attached hydrogen (secondary N) is 1. The van der Waals surface area contributed by atoms with Crippen molar-refractivity contribution in [2.45, 2.75) is 19.1 Å². The molecule has 1 heterocycles. The van der Waals surface area contributed by atoms with Gasteiger partial charge in [-0.1, -0.05) is 12.1 Å². The van der Waals surface area contributed by atoms with Gasteiger partial charge in [0.25, 0.3) is 5.91 Å². The van der Waals surface area contributed by atoms with Crippen molar-refractivity contribution in [1.82, 2.24) is 5.32 Å². The highest BCUT2D eigenvalue weighted by molar-refractivity contribution is 5.91. The maximum Gasteiger partial charge on any atom is 0.416 e. The van der Waals surface area contributed by atoms with Crippen LogP contribution in [-0.4, -0.2) is 25.3 Å². The molecular formula is C19H16F3NO5. The fraction of sp³-hybridized carbons (Fsp3) is 0.263. The fourth-order valence-corrected chi connectivity index (χ4v) is 2.59. The average Bonchev–Trinajstić information content (AvgIpc) is 3.13. The molecule has 0 saturated carbocycles. The topological polar surface area (TPSA) is 73.9 Å². The molecule has 2 aromatic rings. The molecule has 0 aromatic heterocycles. The first-order chi connectivity index (χ1) is 13.2. The Balaban J connectivity index is 1.54. The molecule has 0 spiro atoms. The van der Waals surface area contributed by atoms with Gasteiger partial charge in [-0.05, 0) is 42.8 Å². The summed E-state index contributed by atoms with van der Waals surface area (Å²) in [6.07, 6.45) is -4.58. The number of hydrogen-bond donors (Lipinski definition) is 1. The van der Waals surface area contributed by atoms with Crippen molar-refractivity contribution in [1.29, 1.82) is 0 Å². The summed E-state index contributed by atoms with van der Waals surface area (Å²) in [7, 11) is 0. The molecule has 6 nitrogen and oxygen atoms in total. The quantitative estimate of drug-likeness (QED) is 0.785. The number of esters is 1. The zero-order valence-electron chi connectivity index (χ0n) is 14.7. The Hall–Kier alpha value is -3.23. The van der Waals surface area contributed by atoms with Gasteiger partial charge in [0.2, 0.25) is 6.79 Å². The van der Waals surface area contributed by atoms with E-state index in [-0.39, 0.29) is 12.4 Å². The van der Waals surface area contributed by atoms with E-state index in [4.69, 9.17) is 14.2 Å². The molecule has 0 aliphatic carbocycles. The fourth-order valence-electron chi connectivity index (χ4n) is 2.59. The van der Waals surface area contributed by atoms with Crippen LogP contribution in [-0.2, 0) is 15.7 Å². The summed E-state index contributed by atoms with van der Waals surface area (Å²) < 4.78 is 53.4. The Morgan fingerprint density at radius 3 is 2.64 bits per heavy atom. The minimum absolute atomic E-state index is 0.130. The number of carbonyl (C=O) groups is 2. The van der Waals surface area contributed by atoms with Crippen LogP contribution in [0.3, 0.4) is 0 Å². The predicted molar refractivity (Wildman–Crippen MR) is 90.8 cm³/mol. The third-order valence-corrected chi connectivity index (χ3v) is 4.03. The monoisotopic (exact) mass is 395 g/mol. The SMILES string of the molecule is C[C@H](NC(=O)COC(=O)c1cccc(C(F)(F)F)c1)c1ccc2c(c1)OCO2. The largest absolute Gasteiger partial charge is 0.454 e. The number of alkyl halides is 3. The van der Waals surface area contributed by atoms with E-state index in [2.05, 4.69) is 5.32 Å². The van der Waals surface area contributed by atoms with Crippen molar-refractivity contribution in [3.8, 4) is 11.5 Å². The van der Waals surface area contributed by atoms with Gasteiger partial charge in [0, 0.05) is 0 Å². The molecule has 1 amide bonds. The summed E-state index contributed by atoms with van der Waals surface area (Å²) in [4.78, 5) is 23.9. The molecular weight excluding hydrogens is 379 g/mol. The van der Waals surface area contributed by atoms with Crippen LogP contribution in [0.5, 0.6) is 11.5 Å². The van der Waals surface area contributed by atoms with E-state index < -0.39 is 36.3 Å². The van der Waals surface area contributed by atoms with Gasteiger partial charge in [-0.2, -0.15) is 13.2 Å². The molecule has 9 heteroatoms. The molecule has 1 N–H and O–H groups in total. The van der Waals surface area contributed by atoms with E-state index in [1.807, 2.05) is 0 Å². The highest BCUT2D eigenvalue weighted by Crippen LogP contribution is 2.34. The first-order valence-electron chi connectivity index (χ1n) is 8.27. The summed E-state index contributed by atoms with van der Waals surface area (Å²) in [5.41, 5.74) is -0.504. The Kier molecular flexibility index (Phi) is 5.43. The van der Waals surface area contributed by atoms with Gasteiger partial charge in [-0.25, -0.2) is 4.79 Å². The second-order valence-electron chi connectivity index (χ2n) is 6.06. The molecule has 1 aliphatic heterocycles. The lowest BCUT2D eigenvalue weighted by atomic mass is 10.1. The third kappa shape index (κ3) is 4.54. The standard InChI is InChI=1S/C19H16F3NO5/c1-11(12-5-6-15-16(8-12)28-10-27-15)23-17(24)9-26-18(25)13-3-2-4-14(7-13)19(20,21)22/h2-8,11H,9-10H2,1H3,(H,23,24)/t11-/m0/s1. The van der Waals surface area contributed by atoms with Crippen LogP contribution in [0, 0.1) is 0 Å². The van der Waals surface area contributed by atoms with Gasteiger partial charge >= 0.3 is 12.1 Å². The first-order valence-corrected chi connectivity index (χ1v) is 8.27. The summed E-state index contributed by atoms with van der Waals surface area (Å²) in [5, 5.41) is 2.64. The maximum absolute atomic E-state index is 12.7. The van der Waals surface area contributed by atoms with Crippen LogP contribution in [0.25, 0.3) is 0 Å². The number of fused-ring (bicyclic) bond motifs is 1. The van der Waals surface area contributed by atoms with E-state index in [0.717, 1.165) is 17.7 Å². The van der Waals surface area contributed by atoms with Crippen molar-refractivity contribution in [3.05, 3.63) is 59.2 Å². The van der Waals surface area contributed by atoms with Gasteiger partial charge in [-0.3, -0.25) is 4.79 Å². The van der Waals surface area contributed by atoms with Crippen LogP contribution in [0.4, 0.5) is 13.2 Å². The zero-order valence-corrected chi connectivity index (χ0v) is 14.7. The lowest BCUT2D eigenvalue weighted by Gasteiger charge is -2.15. The normalized spacial score (nSPS) is 13.7. The molecule has 0 unspecified atom stereocenters. The Bertz CT molecular complexity index is 897. The molecule has 0 saturated heterocycles. The number of benzene rings is 2. The molecule has 1 atom stereocenters. The van der Waals surface area contributed by atoms with Crippen molar-refractivity contribution >= 4 is 11.9 Å². The highest BCUT2D eigenvalue weighted by atomic mass is 19.4. The zero-order chi connectivity index (χ0) is 20.3. The van der Waals surface area contributed by atoms with Crippen molar-refractivity contribution < 1.29 is 37.0 Å². The minimum atomic E-state index is -4.58. The lowest BCUT2D eigenvalue weighted by Crippen LogP contribution is -2.31. The van der Waals surface area contributed by atoms with Crippen LogP contribution in [0.2, 0.25) is 0 Å². The van der Waals surface area contributed by atoms with Gasteiger partial charge in [0.05, 0.1) is 17.2 Å². The van der Waals surface area contributed by atoms with E-state index in [1.165, 1.54) is 6.07 Å². The molecule has 1 aliphatic rings. The van der Waals surface area contributed by atoms with E-state index in [0.29, 0.717) is 17.6 Å². The van der Waals surface area contributed by atoms with Crippen LogP contribution in [0.1, 0.15) is 34.5 Å². The molecule has 0 radical (unpaired) electrons. The molecule has 148 valence electrons. The van der Waals surface area contributed by atoms with Gasteiger partial charge < -0.3 is 19.5 Å². The van der Waals surface area contributed by atoms with Gasteiger partial charge in [-0.15, -0.1) is 0 Å². The summed E-state index contributed by atoms with van der Waals surface area (Å²) >= 11 is 0. The number of hydrogen-bond acceptors (Lipinski definition) is 5. The number of amides is 1. The molecule has 0 fully saturated rings. The smallest absolute Gasteiger partial charge is 0.416 e. The number of ether oxygens (including phenoxy) is 3. The van der Waals surface area contributed by atoms with Crippen molar-refractivity contribution in [2.24, 2.45) is 0 Å². The molecule has 28 heavy (non-hydrogen) atoms. The molecule has 0 bridgehead atoms. The first kappa shape index (κ1) is 19.5. The Labute approximate surface area is 158 Å². The van der Waals surface area contributed by atoms with Crippen LogP contribution >= 0.6 is 0 Å². The van der Waals surface area contributed by atoms with E-state index in [1.54, 1.807) is 25.1 Å². The Morgan fingerprint density at radius 1 is 1.14 bits per heavy atom. The number of rotatable bonds is 5. The number of halogens is 3. The molecule has 2 aromatic carbocycles. The number of carbonyl (C=O) groups excluding carboxylic acids is 2. The average molecular weight is 395 g/mol. The molecule has 3 rings (SSSR count). The van der Waals surface area contributed by atoms with Gasteiger partial charge in [0.15, 0.2) is 18.1 Å². The second-order valence-corrected chi connectivity index (χ2v) is 6.06. The van der Waals surface area contributed by atoms with E-state index >= 15 is 0 Å². The summed E-state index contributed by atoms with van der Waals surface area (Å²) in [6, 6.07) is 8.59. The van der Waals surface area contributed by atoms with Crippen LogP contribution < -0.4 is 14.8 Å². The van der Waals surface area contributed by atoms with Crippen molar-refractivity contribution in [2.75, 3.05) is 13.4 Å². The predicted octanol–water partition coefficient (Wildman–Crippen LogP) is 3.47. The van der Waals surface area contributed by atoms with Crippen LogP contribution in [0.15, 0.2) is 42.5 Å². The Morgan fingerprint density at radius 2 is 1.89 bits per heavy atom. The summed E-state index contributed by atoms with van der Waals surface area (Å²) in [5.74, 6) is -0.436. The lowest BCUT2D eigenvalue weighted by molar-refractivity contribution is -0.137.